The lowest BCUT2D eigenvalue weighted by Crippen LogP contribution is -2.67. The van der Waals surface area contributed by atoms with Gasteiger partial charge in [-0.1, -0.05) is 102 Å². The number of hydrogen-bond donors (Lipinski definition) is 0. The molecule has 2 aromatic carbocycles. The molecule has 3 rings (SSSR count). The molecular formula is C29H46O2S2Si2. The first-order valence-corrected chi connectivity index (χ1v) is 19.9. The van der Waals surface area contributed by atoms with Gasteiger partial charge in [-0.05, 0) is 57.9 Å². The van der Waals surface area contributed by atoms with E-state index in [-0.39, 0.29) is 16.2 Å². The van der Waals surface area contributed by atoms with Crippen LogP contribution in [0.4, 0.5) is 0 Å². The Kier molecular flexibility index (Phi) is 9.89. The van der Waals surface area contributed by atoms with Crippen molar-refractivity contribution in [1.29, 1.82) is 0 Å². The fraction of sp³-hybridized carbons (Fsp3) is 0.586. The Hall–Kier alpha value is -0.506. The summed E-state index contributed by atoms with van der Waals surface area (Å²) in [6.45, 7) is 19.5. The average molecular weight is 547 g/mol. The van der Waals surface area contributed by atoms with E-state index in [4.69, 9.17) is 8.85 Å². The van der Waals surface area contributed by atoms with Gasteiger partial charge in [-0.25, -0.2) is 0 Å². The molecule has 0 radical (unpaired) electrons. The fourth-order valence-corrected chi connectivity index (χ4v) is 13.5. The van der Waals surface area contributed by atoms with Crippen molar-refractivity contribution in [2.75, 3.05) is 18.1 Å². The first kappa shape index (κ1) is 29.1. The largest absolute Gasteiger partial charge is 0.412 e. The normalized spacial score (nSPS) is 17.4. The summed E-state index contributed by atoms with van der Waals surface area (Å²) in [7, 11) is -4.51. The fourth-order valence-electron chi connectivity index (χ4n) is 4.61. The maximum Gasteiger partial charge on any atom is 0.261 e. The van der Waals surface area contributed by atoms with Gasteiger partial charge in [-0.3, -0.25) is 0 Å². The maximum absolute atomic E-state index is 7.35. The molecule has 1 aliphatic rings. The topological polar surface area (TPSA) is 18.5 Å². The first-order valence-electron chi connectivity index (χ1n) is 13.0. The van der Waals surface area contributed by atoms with Crippen LogP contribution in [0.2, 0.25) is 23.2 Å². The van der Waals surface area contributed by atoms with E-state index >= 15 is 0 Å². The summed E-state index contributed by atoms with van der Waals surface area (Å²) in [4.78, 5) is 0. The number of hydrogen-bond acceptors (Lipinski definition) is 4. The second-order valence-electron chi connectivity index (χ2n) is 12.2. The van der Waals surface area contributed by atoms with Crippen molar-refractivity contribution in [3.8, 4) is 0 Å². The second-order valence-corrected chi connectivity index (χ2v) is 24.2. The molecule has 1 aliphatic heterocycles. The Bertz CT molecular complexity index is 862. The van der Waals surface area contributed by atoms with E-state index in [9.17, 15) is 0 Å². The highest BCUT2D eigenvalue weighted by molar-refractivity contribution is 8.17. The third-order valence-corrected chi connectivity index (χ3v) is 20.1. The Morgan fingerprint density at radius 1 is 0.800 bits per heavy atom. The summed E-state index contributed by atoms with van der Waals surface area (Å²) in [5, 5.41) is 2.83. The van der Waals surface area contributed by atoms with E-state index in [1.54, 1.807) is 0 Å². The Morgan fingerprint density at radius 3 is 1.71 bits per heavy atom. The standard InChI is InChI=1S/C29H46O2S2Si2/c1-28(2,3)34(7,8)31-24(22-27-32-20-15-21-33-27)23-30-35(29(4,5)6,25-16-11-9-12-17-25)26-18-13-10-14-19-26/h9-14,16-19,24,27H,15,20-23H2,1-8H3/t24-/m0/s1. The van der Waals surface area contributed by atoms with Crippen LogP contribution in [0.1, 0.15) is 54.4 Å². The van der Waals surface area contributed by atoms with Crippen LogP contribution in [-0.2, 0) is 8.85 Å². The number of benzene rings is 2. The lowest BCUT2D eigenvalue weighted by molar-refractivity contribution is 0.106. The highest BCUT2D eigenvalue weighted by Crippen LogP contribution is 2.41. The average Bonchev–Trinajstić information content (AvgIpc) is 2.79. The van der Waals surface area contributed by atoms with Gasteiger partial charge in [0.1, 0.15) is 0 Å². The van der Waals surface area contributed by atoms with Gasteiger partial charge in [-0.15, -0.1) is 23.5 Å². The molecule has 2 aromatic rings. The van der Waals surface area contributed by atoms with E-state index in [0.29, 0.717) is 11.2 Å². The summed E-state index contributed by atoms with van der Waals surface area (Å²) in [6, 6.07) is 22.0. The molecule has 0 saturated carbocycles. The van der Waals surface area contributed by atoms with E-state index < -0.39 is 16.6 Å². The van der Waals surface area contributed by atoms with Crippen LogP contribution in [0, 0.1) is 0 Å². The third-order valence-electron chi connectivity index (χ3n) is 7.52. The lowest BCUT2D eigenvalue weighted by atomic mass is 10.2. The minimum Gasteiger partial charge on any atom is -0.412 e. The monoisotopic (exact) mass is 546 g/mol. The second kappa shape index (κ2) is 11.9. The predicted octanol–water partition coefficient (Wildman–Crippen LogP) is 7.54. The van der Waals surface area contributed by atoms with Crippen molar-refractivity contribution in [1.82, 2.24) is 0 Å². The third kappa shape index (κ3) is 7.08. The Balaban J connectivity index is 1.98. The van der Waals surface area contributed by atoms with Crippen LogP contribution >= 0.6 is 23.5 Å². The molecule has 1 atom stereocenters. The molecule has 2 nitrogen and oxygen atoms in total. The molecule has 1 heterocycles. The molecule has 194 valence electrons. The molecule has 1 saturated heterocycles. The molecule has 0 bridgehead atoms. The van der Waals surface area contributed by atoms with Gasteiger partial charge in [0.2, 0.25) is 0 Å². The SMILES string of the molecule is CC(C)(C)[Si](C)(C)O[C@H](CO[Si](c1ccccc1)(c1ccccc1)C(C)(C)C)CC1SCCCS1. The number of thioether (sulfide) groups is 2. The van der Waals surface area contributed by atoms with Crippen molar-refractivity contribution in [3.63, 3.8) is 0 Å². The van der Waals surface area contributed by atoms with Gasteiger partial charge < -0.3 is 8.85 Å². The molecule has 35 heavy (non-hydrogen) atoms. The molecule has 0 spiro atoms. The van der Waals surface area contributed by atoms with Crippen LogP contribution in [0.3, 0.4) is 0 Å². The Labute approximate surface area is 225 Å². The van der Waals surface area contributed by atoms with Crippen LogP contribution in [0.25, 0.3) is 0 Å². The van der Waals surface area contributed by atoms with Crippen LogP contribution in [0.5, 0.6) is 0 Å². The highest BCUT2D eigenvalue weighted by atomic mass is 32.2. The summed E-state index contributed by atoms with van der Waals surface area (Å²) < 4.78 is 15.0. The van der Waals surface area contributed by atoms with Crippen molar-refractivity contribution in [2.45, 2.75) is 88.2 Å². The molecule has 0 N–H and O–H groups in total. The zero-order valence-corrected chi connectivity index (χ0v) is 26.7. The molecule has 0 aromatic heterocycles. The van der Waals surface area contributed by atoms with Gasteiger partial charge in [0.05, 0.1) is 17.3 Å². The lowest BCUT2D eigenvalue weighted by Gasteiger charge is -2.45. The number of rotatable bonds is 9. The van der Waals surface area contributed by atoms with Gasteiger partial charge in [0.25, 0.3) is 8.32 Å². The van der Waals surface area contributed by atoms with Crippen molar-refractivity contribution >= 4 is 50.5 Å². The van der Waals surface area contributed by atoms with E-state index in [1.807, 2.05) is 0 Å². The summed E-state index contributed by atoms with van der Waals surface area (Å²) in [5.41, 5.74) is 0. The zero-order valence-electron chi connectivity index (χ0n) is 23.1. The Morgan fingerprint density at radius 2 is 1.29 bits per heavy atom. The predicted molar refractivity (Wildman–Crippen MR) is 164 cm³/mol. The minimum absolute atomic E-state index is 0.0223. The highest BCUT2D eigenvalue weighted by Gasteiger charge is 2.51. The smallest absolute Gasteiger partial charge is 0.261 e. The van der Waals surface area contributed by atoms with Crippen LogP contribution < -0.4 is 10.4 Å². The molecule has 0 aliphatic carbocycles. The summed E-state index contributed by atoms with van der Waals surface area (Å²) in [6.07, 6.45) is 2.48. The van der Waals surface area contributed by atoms with Crippen molar-refractivity contribution < 1.29 is 8.85 Å². The maximum atomic E-state index is 7.35. The molecule has 0 amide bonds. The van der Waals surface area contributed by atoms with Gasteiger partial charge in [-0.2, -0.15) is 0 Å². The van der Waals surface area contributed by atoms with E-state index in [2.05, 4.69) is 139 Å². The summed E-state index contributed by atoms with van der Waals surface area (Å²) >= 11 is 4.22. The quantitative estimate of drug-likeness (QED) is 0.302. The van der Waals surface area contributed by atoms with Gasteiger partial charge >= 0.3 is 0 Å². The summed E-state index contributed by atoms with van der Waals surface area (Å²) in [5.74, 6) is 2.53. The van der Waals surface area contributed by atoms with Gasteiger partial charge in [0, 0.05) is 0 Å². The van der Waals surface area contributed by atoms with E-state index in [1.165, 1.54) is 28.3 Å². The zero-order chi connectivity index (χ0) is 25.7. The van der Waals surface area contributed by atoms with E-state index in [0.717, 1.165) is 6.42 Å². The minimum atomic E-state index is -2.58. The molecule has 0 unspecified atom stereocenters. The first-order chi connectivity index (χ1) is 16.4. The molecule has 1 fully saturated rings. The van der Waals surface area contributed by atoms with Crippen molar-refractivity contribution in [3.05, 3.63) is 60.7 Å². The molecular weight excluding hydrogens is 501 g/mol. The van der Waals surface area contributed by atoms with Crippen molar-refractivity contribution in [2.24, 2.45) is 0 Å². The van der Waals surface area contributed by atoms with Crippen LogP contribution in [-0.4, -0.2) is 45.4 Å². The van der Waals surface area contributed by atoms with Gasteiger partial charge in [0.15, 0.2) is 8.32 Å². The van der Waals surface area contributed by atoms with Crippen LogP contribution in [0.15, 0.2) is 60.7 Å². The molecule has 6 heteroatoms.